The van der Waals surface area contributed by atoms with E-state index in [9.17, 15) is 0 Å². The van der Waals surface area contributed by atoms with Gasteiger partial charge in [0.2, 0.25) is 0 Å². The molecule has 1 aromatic heterocycles. The molecule has 17 heavy (non-hydrogen) atoms. The first-order valence-corrected chi connectivity index (χ1v) is 6.25. The zero-order valence-electron chi connectivity index (χ0n) is 9.36. The van der Waals surface area contributed by atoms with E-state index in [2.05, 4.69) is 21.2 Å². The van der Waals surface area contributed by atoms with Gasteiger partial charge in [0.05, 0.1) is 12.8 Å². The number of hydrogen-bond acceptors (Lipinski definition) is 3. The Kier molecular flexibility index (Phi) is 4.64. The van der Waals surface area contributed by atoms with Crippen LogP contribution in [-0.2, 0) is 6.54 Å². The van der Waals surface area contributed by atoms with Crippen LogP contribution in [0.3, 0.4) is 0 Å². The molecule has 1 aromatic carbocycles. The number of nitrogens with one attached hydrogen (secondary N) is 1. The fraction of sp³-hybridized carbons (Fsp3) is 0.231. The highest BCUT2D eigenvalue weighted by Gasteiger charge is 1.95. The van der Waals surface area contributed by atoms with Crippen molar-refractivity contribution in [3.8, 4) is 5.75 Å². The van der Waals surface area contributed by atoms with Gasteiger partial charge in [0.25, 0.3) is 0 Å². The molecule has 2 rings (SSSR count). The third kappa shape index (κ3) is 4.24. The van der Waals surface area contributed by atoms with E-state index >= 15 is 0 Å². The summed E-state index contributed by atoms with van der Waals surface area (Å²) in [5, 5.41) is 3.24. The zero-order valence-corrected chi connectivity index (χ0v) is 10.9. The SMILES string of the molecule is Brc1ccc(OCCNCc2ccco2)cc1. The second-order valence-electron chi connectivity index (χ2n) is 3.56. The number of hydrogen-bond donors (Lipinski definition) is 1. The van der Waals surface area contributed by atoms with Gasteiger partial charge in [-0.1, -0.05) is 15.9 Å². The Hall–Kier alpha value is -1.26. The average molecular weight is 296 g/mol. The van der Waals surface area contributed by atoms with Gasteiger partial charge in [-0.2, -0.15) is 0 Å². The highest BCUT2D eigenvalue weighted by Crippen LogP contribution is 2.15. The molecule has 3 nitrogen and oxygen atoms in total. The minimum absolute atomic E-state index is 0.641. The third-order valence-corrected chi connectivity index (χ3v) is 2.77. The molecule has 0 aliphatic carbocycles. The molecule has 0 saturated carbocycles. The molecule has 0 fully saturated rings. The lowest BCUT2D eigenvalue weighted by atomic mass is 10.3. The summed E-state index contributed by atoms with van der Waals surface area (Å²) in [6.45, 7) is 2.16. The maximum Gasteiger partial charge on any atom is 0.119 e. The number of halogens is 1. The van der Waals surface area contributed by atoms with E-state index in [1.165, 1.54) is 0 Å². The summed E-state index contributed by atoms with van der Waals surface area (Å²) in [7, 11) is 0. The van der Waals surface area contributed by atoms with E-state index in [4.69, 9.17) is 9.15 Å². The van der Waals surface area contributed by atoms with Gasteiger partial charge in [0.15, 0.2) is 0 Å². The van der Waals surface area contributed by atoms with Crippen LogP contribution >= 0.6 is 15.9 Å². The van der Waals surface area contributed by atoms with Crippen molar-refractivity contribution in [2.75, 3.05) is 13.2 Å². The fourth-order valence-corrected chi connectivity index (χ4v) is 1.66. The molecule has 0 aliphatic heterocycles. The van der Waals surface area contributed by atoms with Crippen molar-refractivity contribution in [2.45, 2.75) is 6.54 Å². The van der Waals surface area contributed by atoms with E-state index < -0.39 is 0 Å². The zero-order chi connectivity index (χ0) is 11.9. The lowest BCUT2D eigenvalue weighted by Gasteiger charge is -2.06. The van der Waals surface area contributed by atoms with Crippen LogP contribution in [0.1, 0.15) is 5.76 Å². The summed E-state index contributed by atoms with van der Waals surface area (Å²) in [6, 6.07) is 11.6. The Bertz CT molecular complexity index is 425. The third-order valence-electron chi connectivity index (χ3n) is 2.24. The normalized spacial score (nSPS) is 10.4. The monoisotopic (exact) mass is 295 g/mol. The molecule has 0 aliphatic rings. The van der Waals surface area contributed by atoms with E-state index in [0.29, 0.717) is 6.61 Å². The van der Waals surface area contributed by atoms with Crippen molar-refractivity contribution in [3.63, 3.8) is 0 Å². The van der Waals surface area contributed by atoms with Crippen LogP contribution in [0.2, 0.25) is 0 Å². The number of ether oxygens (including phenoxy) is 1. The summed E-state index contributed by atoms with van der Waals surface area (Å²) in [5.41, 5.74) is 0. The summed E-state index contributed by atoms with van der Waals surface area (Å²) in [6.07, 6.45) is 1.68. The van der Waals surface area contributed by atoms with Crippen LogP contribution in [0.25, 0.3) is 0 Å². The molecule has 0 atom stereocenters. The smallest absolute Gasteiger partial charge is 0.119 e. The summed E-state index contributed by atoms with van der Waals surface area (Å²) in [5.74, 6) is 1.82. The van der Waals surface area contributed by atoms with E-state index in [-0.39, 0.29) is 0 Å². The van der Waals surface area contributed by atoms with Gasteiger partial charge in [0.1, 0.15) is 18.1 Å². The number of rotatable bonds is 6. The highest BCUT2D eigenvalue weighted by molar-refractivity contribution is 9.10. The Morgan fingerprint density at radius 1 is 1.18 bits per heavy atom. The summed E-state index contributed by atoms with van der Waals surface area (Å²) >= 11 is 3.38. The Morgan fingerprint density at radius 2 is 2.00 bits per heavy atom. The Labute approximate surface area is 109 Å². The van der Waals surface area contributed by atoms with Gasteiger partial charge in [-0.15, -0.1) is 0 Å². The Morgan fingerprint density at radius 3 is 2.71 bits per heavy atom. The number of furan rings is 1. The molecule has 0 saturated heterocycles. The van der Waals surface area contributed by atoms with E-state index in [1.807, 2.05) is 36.4 Å². The minimum Gasteiger partial charge on any atom is -0.492 e. The molecule has 90 valence electrons. The van der Waals surface area contributed by atoms with Crippen molar-refractivity contribution >= 4 is 15.9 Å². The molecule has 0 bridgehead atoms. The van der Waals surface area contributed by atoms with Gasteiger partial charge in [0, 0.05) is 11.0 Å². The molecule has 0 spiro atoms. The lowest BCUT2D eigenvalue weighted by molar-refractivity contribution is 0.311. The van der Waals surface area contributed by atoms with Gasteiger partial charge >= 0.3 is 0 Å². The first-order valence-electron chi connectivity index (χ1n) is 5.46. The van der Waals surface area contributed by atoms with Crippen molar-refractivity contribution in [2.24, 2.45) is 0 Å². The van der Waals surface area contributed by atoms with Gasteiger partial charge in [-0.25, -0.2) is 0 Å². The molecule has 0 radical (unpaired) electrons. The predicted molar refractivity (Wildman–Crippen MR) is 70.1 cm³/mol. The van der Waals surface area contributed by atoms with Crippen molar-refractivity contribution in [1.29, 1.82) is 0 Å². The summed E-state index contributed by atoms with van der Waals surface area (Å²) < 4.78 is 11.8. The first kappa shape index (κ1) is 12.2. The topological polar surface area (TPSA) is 34.4 Å². The molecule has 2 aromatic rings. The second-order valence-corrected chi connectivity index (χ2v) is 4.47. The molecule has 0 amide bonds. The quantitative estimate of drug-likeness (QED) is 0.831. The molecule has 4 heteroatoms. The predicted octanol–water partition coefficient (Wildman–Crippen LogP) is 3.21. The van der Waals surface area contributed by atoms with Crippen LogP contribution < -0.4 is 10.1 Å². The molecule has 1 heterocycles. The van der Waals surface area contributed by atoms with Gasteiger partial charge < -0.3 is 14.5 Å². The molecule has 1 N–H and O–H groups in total. The maximum atomic E-state index is 5.57. The fourth-order valence-electron chi connectivity index (χ4n) is 1.40. The van der Waals surface area contributed by atoms with Crippen molar-refractivity contribution < 1.29 is 9.15 Å². The maximum absolute atomic E-state index is 5.57. The number of benzene rings is 1. The van der Waals surface area contributed by atoms with Gasteiger partial charge in [-0.3, -0.25) is 0 Å². The highest BCUT2D eigenvalue weighted by atomic mass is 79.9. The minimum atomic E-state index is 0.641. The van der Waals surface area contributed by atoms with Crippen LogP contribution in [0.15, 0.2) is 51.6 Å². The standard InChI is InChI=1S/C13H14BrNO2/c14-11-3-5-12(6-4-11)17-9-7-15-10-13-2-1-8-16-13/h1-6,8,15H,7,9-10H2. The molecule has 0 unspecified atom stereocenters. The average Bonchev–Trinajstić information content (AvgIpc) is 2.84. The van der Waals surface area contributed by atoms with Gasteiger partial charge in [-0.05, 0) is 36.4 Å². The summed E-state index contributed by atoms with van der Waals surface area (Å²) in [4.78, 5) is 0. The Balaban J connectivity index is 1.61. The van der Waals surface area contributed by atoms with Crippen LogP contribution in [0.4, 0.5) is 0 Å². The largest absolute Gasteiger partial charge is 0.492 e. The van der Waals surface area contributed by atoms with E-state index in [1.54, 1.807) is 6.26 Å². The second kappa shape index (κ2) is 6.47. The molecular formula is C13H14BrNO2. The lowest BCUT2D eigenvalue weighted by Crippen LogP contribution is -2.20. The van der Waals surface area contributed by atoms with Crippen molar-refractivity contribution in [3.05, 3.63) is 52.9 Å². The first-order chi connectivity index (χ1) is 8.34. The van der Waals surface area contributed by atoms with Crippen LogP contribution in [-0.4, -0.2) is 13.2 Å². The van der Waals surface area contributed by atoms with Crippen LogP contribution in [0, 0.1) is 0 Å². The van der Waals surface area contributed by atoms with Crippen LogP contribution in [0.5, 0.6) is 5.75 Å². The van der Waals surface area contributed by atoms with Crippen molar-refractivity contribution in [1.82, 2.24) is 5.32 Å². The van der Waals surface area contributed by atoms with E-state index in [0.717, 1.165) is 29.1 Å². The molecular weight excluding hydrogens is 282 g/mol.